The Morgan fingerprint density at radius 3 is 2.68 bits per heavy atom. The Kier molecular flexibility index (Phi) is 6.32. The summed E-state index contributed by atoms with van der Waals surface area (Å²) in [6.45, 7) is 5.73. The van der Waals surface area contributed by atoms with Crippen molar-refractivity contribution in [3.8, 4) is 0 Å². The molecule has 0 saturated heterocycles. The first-order valence-electron chi connectivity index (χ1n) is 7.07. The van der Waals surface area contributed by atoms with Gasteiger partial charge in [-0.25, -0.2) is 0 Å². The first-order chi connectivity index (χ1) is 10.1. The molecule has 0 bridgehead atoms. The van der Waals surface area contributed by atoms with E-state index < -0.39 is 22.1 Å². The van der Waals surface area contributed by atoms with E-state index >= 15 is 0 Å². The molecule has 6 nitrogen and oxygen atoms in total. The Balaban J connectivity index is 2.78. The van der Waals surface area contributed by atoms with E-state index in [0.29, 0.717) is 12.3 Å². The maximum atomic E-state index is 12.1. The fourth-order valence-corrected chi connectivity index (χ4v) is 2.18. The summed E-state index contributed by atoms with van der Waals surface area (Å²) in [5, 5.41) is 23.7. The van der Waals surface area contributed by atoms with E-state index in [2.05, 4.69) is 5.32 Å². The highest BCUT2D eigenvalue weighted by Crippen LogP contribution is 2.28. The Morgan fingerprint density at radius 2 is 2.14 bits per heavy atom. The van der Waals surface area contributed by atoms with E-state index in [4.69, 9.17) is 11.6 Å². The Bertz CT molecular complexity index is 558. The number of nitrogens with one attached hydrogen (secondary N) is 1. The monoisotopic (exact) mass is 328 g/mol. The Hall–Kier alpha value is -1.66. The normalized spacial score (nSPS) is 13.7. The van der Waals surface area contributed by atoms with Crippen molar-refractivity contribution in [1.29, 1.82) is 0 Å². The van der Waals surface area contributed by atoms with Gasteiger partial charge in [-0.3, -0.25) is 14.9 Å². The molecule has 2 N–H and O–H groups in total. The van der Waals surface area contributed by atoms with Gasteiger partial charge >= 0.3 is 5.69 Å². The number of hydrogen-bond donors (Lipinski definition) is 2. The molecule has 0 spiro atoms. The quantitative estimate of drug-likeness (QED) is 0.594. The number of nitrogens with zero attached hydrogens (tertiary/aromatic N) is 1. The zero-order valence-corrected chi connectivity index (χ0v) is 13.7. The number of benzene rings is 1. The first-order valence-corrected chi connectivity index (χ1v) is 7.45. The fourth-order valence-electron chi connectivity index (χ4n) is 1.94. The fraction of sp³-hybridized carbons (Fsp3) is 0.533. The molecule has 0 fully saturated rings. The zero-order valence-electron chi connectivity index (χ0n) is 12.9. The predicted molar refractivity (Wildman–Crippen MR) is 85.1 cm³/mol. The molecule has 0 radical (unpaired) electrons. The van der Waals surface area contributed by atoms with Gasteiger partial charge in [0.1, 0.15) is 10.6 Å². The molecule has 0 heterocycles. The topological polar surface area (TPSA) is 92.5 Å². The summed E-state index contributed by atoms with van der Waals surface area (Å²) in [5.41, 5.74) is -1.60. The smallest absolute Gasteiger partial charge is 0.300 e. The molecule has 1 aromatic carbocycles. The van der Waals surface area contributed by atoms with Gasteiger partial charge in [0.15, 0.2) is 0 Å². The molecule has 22 heavy (non-hydrogen) atoms. The van der Waals surface area contributed by atoms with Crippen LogP contribution in [0.2, 0.25) is 5.02 Å². The van der Waals surface area contributed by atoms with Gasteiger partial charge in [0.25, 0.3) is 5.91 Å². The van der Waals surface area contributed by atoms with E-state index in [1.165, 1.54) is 18.2 Å². The number of halogens is 1. The minimum Gasteiger partial charge on any atom is -0.388 e. The van der Waals surface area contributed by atoms with E-state index in [0.717, 1.165) is 6.42 Å². The highest BCUT2D eigenvalue weighted by molar-refractivity contribution is 6.33. The molecule has 1 rings (SSSR count). The molecule has 0 aromatic heterocycles. The van der Waals surface area contributed by atoms with Crippen molar-refractivity contribution in [3.63, 3.8) is 0 Å². The number of nitro groups is 1. The molecule has 0 aliphatic rings. The number of hydrogen-bond acceptors (Lipinski definition) is 4. The van der Waals surface area contributed by atoms with Gasteiger partial charge in [-0.2, -0.15) is 0 Å². The van der Waals surface area contributed by atoms with Gasteiger partial charge in [-0.1, -0.05) is 31.5 Å². The van der Waals surface area contributed by atoms with Crippen LogP contribution in [0, 0.1) is 16.0 Å². The second-order valence-corrected chi connectivity index (χ2v) is 6.41. The Morgan fingerprint density at radius 1 is 1.50 bits per heavy atom. The molecule has 1 unspecified atom stereocenters. The summed E-state index contributed by atoms with van der Waals surface area (Å²) in [5.74, 6) is -0.185. The van der Waals surface area contributed by atoms with Crippen molar-refractivity contribution in [3.05, 3.63) is 38.9 Å². The summed E-state index contributed by atoms with van der Waals surface area (Å²) in [7, 11) is 0. The molecule has 0 aliphatic carbocycles. The molecule has 1 amide bonds. The van der Waals surface area contributed by atoms with E-state index in [-0.39, 0.29) is 17.1 Å². The Labute approximate surface area is 134 Å². The lowest BCUT2D eigenvalue weighted by molar-refractivity contribution is -0.385. The lowest BCUT2D eigenvalue weighted by Gasteiger charge is -2.24. The zero-order chi connectivity index (χ0) is 16.9. The van der Waals surface area contributed by atoms with Crippen molar-refractivity contribution in [2.24, 2.45) is 5.92 Å². The van der Waals surface area contributed by atoms with E-state index in [9.17, 15) is 20.0 Å². The molecule has 1 atom stereocenters. The summed E-state index contributed by atoms with van der Waals surface area (Å²) in [6.07, 6.45) is 1.35. The van der Waals surface area contributed by atoms with Crippen molar-refractivity contribution in [2.45, 2.75) is 39.2 Å². The van der Waals surface area contributed by atoms with Crippen LogP contribution in [0.5, 0.6) is 0 Å². The van der Waals surface area contributed by atoms with Crippen molar-refractivity contribution < 1.29 is 14.8 Å². The number of carbonyl (C=O) groups excluding carboxylic acids is 1. The van der Waals surface area contributed by atoms with Crippen molar-refractivity contribution in [1.82, 2.24) is 5.32 Å². The third kappa shape index (κ3) is 5.27. The minimum absolute atomic E-state index is 0.0161. The SMILES string of the molecule is CC(C)CCC(C)(O)CNC(=O)c1cccc(Cl)c1[N+](=O)[O-]. The molecule has 7 heteroatoms. The number of para-hydroxylation sites is 1. The second kappa shape index (κ2) is 7.56. The number of nitro benzene ring substituents is 1. The van der Waals surface area contributed by atoms with Crippen LogP contribution in [0.15, 0.2) is 18.2 Å². The average molecular weight is 329 g/mol. The number of carbonyl (C=O) groups is 1. The summed E-state index contributed by atoms with van der Waals surface area (Å²) < 4.78 is 0. The molecule has 1 aromatic rings. The highest BCUT2D eigenvalue weighted by Gasteiger charge is 2.26. The van der Waals surface area contributed by atoms with Gasteiger partial charge in [0.2, 0.25) is 0 Å². The average Bonchev–Trinajstić information content (AvgIpc) is 2.42. The minimum atomic E-state index is -1.06. The van der Waals surface area contributed by atoms with Gasteiger partial charge < -0.3 is 10.4 Å². The van der Waals surface area contributed by atoms with Crippen LogP contribution in [-0.2, 0) is 0 Å². The largest absolute Gasteiger partial charge is 0.388 e. The van der Waals surface area contributed by atoms with Crippen LogP contribution in [0.3, 0.4) is 0 Å². The van der Waals surface area contributed by atoms with Gasteiger partial charge in [0.05, 0.1) is 10.5 Å². The van der Waals surface area contributed by atoms with E-state index in [1.54, 1.807) is 6.92 Å². The van der Waals surface area contributed by atoms with Gasteiger partial charge in [-0.05, 0) is 37.8 Å². The highest BCUT2D eigenvalue weighted by atomic mass is 35.5. The molecule has 0 aliphatic heterocycles. The molecule has 0 saturated carbocycles. The number of amides is 1. The maximum absolute atomic E-state index is 12.1. The van der Waals surface area contributed by atoms with Crippen LogP contribution < -0.4 is 5.32 Å². The number of aliphatic hydroxyl groups is 1. The summed E-state index contributed by atoms with van der Waals surface area (Å²) >= 11 is 5.77. The van der Waals surface area contributed by atoms with E-state index in [1.807, 2.05) is 13.8 Å². The molecular formula is C15H21ClN2O4. The van der Waals surface area contributed by atoms with Crippen molar-refractivity contribution >= 4 is 23.2 Å². The summed E-state index contributed by atoms with van der Waals surface area (Å²) in [4.78, 5) is 22.5. The van der Waals surface area contributed by atoms with Crippen molar-refractivity contribution in [2.75, 3.05) is 6.54 Å². The van der Waals surface area contributed by atoms with Crippen LogP contribution in [0.25, 0.3) is 0 Å². The van der Waals surface area contributed by atoms with Gasteiger partial charge in [-0.15, -0.1) is 0 Å². The van der Waals surface area contributed by atoms with Crippen LogP contribution >= 0.6 is 11.6 Å². The summed E-state index contributed by atoms with van der Waals surface area (Å²) in [6, 6.07) is 4.17. The first kappa shape index (κ1) is 18.4. The van der Waals surface area contributed by atoms with Crippen LogP contribution in [0.4, 0.5) is 5.69 Å². The molecule has 122 valence electrons. The standard InChI is InChI=1S/C15H21ClN2O4/c1-10(2)7-8-15(3,20)9-17-14(19)11-5-4-6-12(16)13(11)18(21)22/h4-6,10,20H,7-9H2,1-3H3,(H,17,19). The third-order valence-corrected chi connectivity index (χ3v) is 3.61. The predicted octanol–water partition coefficient (Wildman–Crippen LogP) is 3.17. The third-order valence-electron chi connectivity index (χ3n) is 3.30. The second-order valence-electron chi connectivity index (χ2n) is 6.01. The maximum Gasteiger partial charge on any atom is 0.300 e. The van der Waals surface area contributed by atoms with Crippen LogP contribution in [0.1, 0.15) is 44.0 Å². The van der Waals surface area contributed by atoms with Gasteiger partial charge in [0, 0.05) is 6.54 Å². The van der Waals surface area contributed by atoms with Crippen LogP contribution in [-0.4, -0.2) is 28.1 Å². The lowest BCUT2D eigenvalue weighted by atomic mass is 9.95. The lowest BCUT2D eigenvalue weighted by Crippen LogP contribution is -2.41. The number of rotatable bonds is 7. The molecular weight excluding hydrogens is 308 g/mol.